The van der Waals surface area contributed by atoms with E-state index in [0.29, 0.717) is 25.3 Å². The number of hydrogen-bond donors (Lipinski definition) is 2. The van der Waals surface area contributed by atoms with Crippen LogP contribution in [0.25, 0.3) is 0 Å². The van der Waals surface area contributed by atoms with Crippen LogP contribution >= 0.6 is 0 Å². The molecule has 0 spiro atoms. The van der Waals surface area contributed by atoms with Crippen molar-refractivity contribution in [3.8, 4) is 0 Å². The van der Waals surface area contributed by atoms with Gasteiger partial charge in [-0.05, 0) is 5.56 Å². The van der Waals surface area contributed by atoms with Gasteiger partial charge in [0.25, 0.3) is 5.69 Å². The summed E-state index contributed by atoms with van der Waals surface area (Å²) in [6.07, 6.45) is -0.314. The Bertz CT molecular complexity index is 547. The van der Waals surface area contributed by atoms with Gasteiger partial charge in [0, 0.05) is 25.7 Å². The first-order valence-electron chi connectivity index (χ1n) is 6.47. The zero-order valence-corrected chi connectivity index (χ0v) is 11.3. The quantitative estimate of drug-likeness (QED) is 0.600. The molecular weight excluding hydrogens is 280 g/mol. The predicted molar refractivity (Wildman–Crippen MR) is 72.2 cm³/mol. The molecule has 2 rings (SSSR count). The van der Waals surface area contributed by atoms with Crippen molar-refractivity contribution in [2.24, 2.45) is 0 Å². The Balaban J connectivity index is 2.25. The normalized spacial score (nSPS) is 19.4. The molecule has 1 aliphatic heterocycles. The van der Waals surface area contributed by atoms with Gasteiger partial charge in [-0.15, -0.1) is 0 Å². The highest BCUT2D eigenvalue weighted by Crippen LogP contribution is 2.24. The molecule has 21 heavy (non-hydrogen) atoms. The number of nitrogens with zero attached hydrogens (tertiary/aromatic N) is 2. The van der Waals surface area contributed by atoms with Gasteiger partial charge in [0.1, 0.15) is 5.56 Å². The molecule has 0 radical (unpaired) electrons. The van der Waals surface area contributed by atoms with Gasteiger partial charge in [0.2, 0.25) is 0 Å². The van der Waals surface area contributed by atoms with Crippen molar-refractivity contribution in [3.05, 3.63) is 39.4 Å². The number of carbonyl (C=O) groups is 1. The Hall–Kier alpha value is -2.03. The molecule has 1 heterocycles. The third-order valence-corrected chi connectivity index (χ3v) is 3.36. The summed E-state index contributed by atoms with van der Waals surface area (Å²) in [5.74, 6) is -1.32. The van der Waals surface area contributed by atoms with Crippen LogP contribution in [0.15, 0.2) is 18.2 Å². The van der Waals surface area contributed by atoms with Gasteiger partial charge in [-0.25, -0.2) is 4.79 Å². The van der Waals surface area contributed by atoms with Crippen molar-refractivity contribution in [1.82, 2.24) is 4.90 Å². The Morgan fingerprint density at radius 3 is 2.90 bits per heavy atom. The van der Waals surface area contributed by atoms with E-state index >= 15 is 0 Å². The van der Waals surface area contributed by atoms with Crippen LogP contribution < -0.4 is 0 Å². The largest absolute Gasteiger partial charge is 0.477 e. The highest BCUT2D eigenvalue weighted by atomic mass is 16.6. The number of rotatable bonds is 5. The lowest BCUT2D eigenvalue weighted by Crippen LogP contribution is -2.43. The Morgan fingerprint density at radius 2 is 2.29 bits per heavy atom. The minimum Gasteiger partial charge on any atom is -0.477 e. The van der Waals surface area contributed by atoms with Crippen LogP contribution in [0.2, 0.25) is 0 Å². The number of benzene rings is 1. The van der Waals surface area contributed by atoms with E-state index in [-0.39, 0.29) is 24.8 Å². The Kier molecular flexibility index (Phi) is 4.84. The number of hydrogen-bond acceptors (Lipinski definition) is 6. The summed E-state index contributed by atoms with van der Waals surface area (Å²) in [5.41, 5.74) is -0.309. The number of aliphatic hydroxyl groups excluding tert-OH is 1. The summed E-state index contributed by atoms with van der Waals surface area (Å²) in [7, 11) is 0. The van der Waals surface area contributed by atoms with Crippen molar-refractivity contribution >= 4 is 11.7 Å². The van der Waals surface area contributed by atoms with Crippen LogP contribution in [0, 0.1) is 10.1 Å². The zero-order valence-electron chi connectivity index (χ0n) is 11.3. The smallest absolute Gasteiger partial charge is 0.343 e. The van der Waals surface area contributed by atoms with Gasteiger partial charge in [0.15, 0.2) is 0 Å². The van der Waals surface area contributed by atoms with E-state index in [0.717, 1.165) is 0 Å². The van der Waals surface area contributed by atoms with Gasteiger partial charge in [-0.1, -0.05) is 12.1 Å². The summed E-state index contributed by atoms with van der Waals surface area (Å²) in [6.45, 7) is 1.62. The van der Waals surface area contributed by atoms with Gasteiger partial charge >= 0.3 is 5.97 Å². The standard InChI is InChI=1S/C13H16N2O6/c16-8-10-7-14(4-5-21-10)6-9-2-1-3-11(15(19)20)12(9)13(17)18/h1-3,10,16H,4-8H2,(H,17,18). The number of carboxylic acids is 1. The highest BCUT2D eigenvalue weighted by molar-refractivity contribution is 5.94. The Labute approximate surface area is 120 Å². The van der Waals surface area contributed by atoms with Crippen LogP contribution in [0.1, 0.15) is 15.9 Å². The van der Waals surface area contributed by atoms with E-state index < -0.39 is 16.6 Å². The SMILES string of the molecule is O=C(O)c1c(CN2CCOC(CO)C2)cccc1[N+](=O)[O-]. The molecule has 1 saturated heterocycles. The number of carboxylic acid groups (broad SMARTS) is 1. The van der Waals surface area contributed by atoms with Crippen LogP contribution in [0.5, 0.6) is 0 Å². The number of nitro groups is 1. The average molecular weight is 296 g/mol. The minimum atomic E-state index is -1.32. The summed E-state index contributed by atoms with van der Waals surface area (Å²) < 4.78 is 5.32. The molecule has 1 aromatic rings. The van der Waals surface area contributed by atoms with E-state index in [4.69, 9.17) is 9.84 Å². The fourth-order valence-electron chi connectivity index (χ4n) is 2.39. The molecule has 1 unspecified atom stereocenters. The van der Waals surface area contributed by atoms with Crippen molar-refractivity contribution in [1.29, 1.82) is 0 Å². The molecule has 1 atom stereocenters. The number of aliphatic hydroxyl groups is 1. The van der Waals surface area contributed by atoms with Crippen LogP contribution in [-0.4, -0.2) is 58.4 Å². The number of ether oxygens (including phenoxy) is 1. The van der Waals surface area contributed by atoms with E-state index in [1.807, 2.05) is 4.90 Å². The number of aromatic carboxylic acids is 1. The first-order chi connectivity index (χ1) is 10.0. The fraction of sp³-hybridized carbons (Fsp3) is 0.462. The maximum absolute atomic E-state index is 11.3. The molecule has 114 valence electrons. The topological polar surface area (TPSA) is 113 Å². The van der Waals surface area contributed by atoms with E-state index in [1.165, 1.54) is 12.1 Å². The van der Waals surface area contributed by atoms with E-state index in [1.54, 1.807) is 6.07 Å². The van der Waals surface area contributed by atoms with Crippen molar-refractivity contribution in [3.63, 3.8) is 0 Å². The minimum absolute atomic E-state index is 0.114. The van der Waals surface area contributed by atoms with Crippen LogP contribution in [0.4, 0.5) is 5.69 Å². The maximum Gasteiger partial charge on any atom is 0.343 e. The van der Waals surface area contributed by atoms with E-state index in [9.17, 15) is 20.0 Å². The first-order valence-corrected chi connectivity index (χ1v) is 6.47. The summed E-state index contributed by atoms with van der Waals surface area (Å²) in [6, 6.07) is 4.23. The summed E-state index contributed by atoms with van der Waals surface area (Å²) >= 11 is 0. The molecule has 1 aliphatic rings. The molecule has 2 N–H and O–H groups in total. The van der Waals surface area contributed by atoms with E-state index in [2.05, 4.69) is 0 Å². The third kappa shape index (κ3) is 3.54. The van der Waals surface area contributed by atoms with Gasteiger partial charge < -0.3 is 14.9 Å². The lowest BCUT2D eigenvalue weighted by atomic mass is 10.0. The molecule has 1 fully saturated rings. The molecule has 0 aliphatic carbocycles. The van der Waals surface area contributed by atoms with Crippen molar-refractivity contribution < 1.29 is 24.7 Å². The lowest BCUT2D eigenvalue weighted by Gasteiger charge is -2.32. The summed E-state index contributed by atoms with van der Waals surface area (Å²) in [5, 5.41) is 29.3. The maximum atomic E-state index is 11.3. The number of nitro benzene ring substituents is 1. The fourth-order valence-corrected chi connectivity index (χ4v) is 2.39. The monoisotopic (exact) mass is 296 g/mol. The molecule has 0 amide bonds. The summed E-state index contributed by atoms with van der Waals surface area (Å²) in [4.78, 5) is 23.5. The third-order valence-electron chi connectivity index (χ3n) is 3.36. The molecular formula is C13H16N2O6. The molecule has 0 bridgehead atoms. The Morgan fingerprint density at radius 1 is 1.52 bits per heavy atom. The predicted octanol–water partition coefficient (Wildman–Crippen LogP) is 0.486. The highest BCUT2D eigenvalue weighted by Gasteiger charge is 2.26. The second kappa shape index (κ2) is 6.61. The molecule has 8 heteroatoms. The molecule has 8 nitrogen and oxygen atoms in total. The van der Waals surface area contributed by atoms with Crippen molar-refractivity contribution in [2.75, 3.05) is 26.3 Å². The zero-order chi connectivity index (χ0) is 15.4. The van der Waals surface area contributed by atoms with Crippen LogP contribution in [-0.2, 0) is 11.3 Å². The van der Waals surface area contributed by atoms with Crippen LogP contribution in [0.3, 0.4) is 0 Å². The second-order valence-electron chi connectivity index (χ2n) is 4.78. The van der Waals surface area contributed by atoms with Gasteiger partial charge in [-0.3, -0.25) is 15.0 Å². The van der Waals surface area contributed by atoms with Gasteiger partial charge in [0.05, 0.1) is 24.2 Å². The second-order valence-corrected chi connectivity index (χ2v) is 4.78. The average Bonchev–Trinajstić information content (AvgIpc) is 2.46. The number of morpholine rings is 1. The van der Waals surface area contributed by atoms with Gasteiger partial charge in [-0.2, -0.15) is 0 Å². The first kappa shape index (κ1) is 15.4. The molecule has 0 aromatic heterocycles. The lowest BCUT2D eigenvalue weighted by molar-refractivity contribution is -0.385. The van der Waals surface area contributed by atoms with Crippen molar-refractivity contribution in [2.45, 2.75) is 12.6 Å². The molecule has 0 saturated carbocycles. The molecule has 1 aromatic carbocycles.